The lowest BCUT2D eigenvalue weighted by atomic mass is 9.87. The minimum atomic E-state index is -0.645. The number of amides is 2. The number of ether oxygens (including phenoxy) is 1. The van der Waals surface area contributed by atoms with Gasteiger partial charge in [-0.25, -0.2) is 0 Å². The van der Waals surface area contributed by atoms with Gasteiger partial charge in [-0.15, -0.1) is 0 Å². The van der Waals surface area contributed by atoms with Gasteiger partial charge >= 0.3 is 0 Å². The molecule has 1 fully saturated rings. The molecule has 1 aliphatic carbocycles. The summed E-state index contributed by atoms with van der Waals surface area (Å²) in [5, 5.41) is 3.25. The number of carbonyl (C=O) groups is 2. The third kappa shape index (κ3) is 8.19. The highest BCUT2D eigenvalue weighted by Crippen LogP contribution is 2.25. The van der Waals surface area contributed by atoms with E-state index < -0.39 is 6.04 Å². The average molecular weight is 527 g/mol. The standard InChI is InChI=1S/C34H42N2O3/c1-25-14-16-27(17-15-25)23-36(32(37)24-39-30-20-18-28(19-21-30)34(2,3)4)31(22-26-10-6-5-7-11-26)33(38)35-29-12-8-9-13-29/h5-7,10-11,14-21,29,31H,8-9,12-13,22-24H2,1-4H3,(H,35,38). The second-order valence-corrected chi connectivity index (χ2v) is 11.8. The van der Waals surface area contributed by atoms with E-state index in [1.54, 1.807) is 4.90 Å². The van der Waals surface area contributed by atoms with Crippen molar-refractivity contribution in [3.05, 3.63) is 101 Å². The molecule has 1 atom stereocenters. The molecular weight excluding hydrogens is 484 g/mol. The van der Waals surface area contributed by atoms with E-state index in [0.29, 0.717) is 18.7 Å². The molecule has 3 aromatic rings. The molecule has 0 saturated heterocycles. The Morgan fingerprint density at radius 1 is 0.897 bits per heavy atom. The van der Waals surface area contributed by atoms with Crippen LogP contribution in [0.3, 0.4) is 0 Å². The first-order chi connectivity index (χ1) is 18.7. The topological polar surface area (TPSA) is 58.6 Å². The first-order valence-corrected chi connectivity index (χ1v) is 14.1. The van der Waals surface area contributed by atoms with Crippen LogP contribution in [0.5, 0.6) is 5.75 Å². The fraction of sp³-hybridized carbons (Fsp3) is 0.412. The van der Waals surface area contributed by atoms with Crippen molar-refractivity contribution < 1.29 is 14.3 Å². The van der Waals surface area contributed by atoms with E-state index in [9.17, 15) is 9.59 Å². The molecule has 4 rings (SSSR count). The summed E-state index contributed by atoms with van der Waals surface area (Å²) in [6.07, 6.45) is 4.67. The summed E-state index contributed by atoms with van der Waals surface area (Å²) < 4.78 is 5.96. The number of benzene rings is 3. The molecule has 3 aromatic carbocycles. The number of hydrogen-bond donors (Lipinski definition) is 1. The zero-order valence-corrected chi connectivity index (χ0v) is 23.8. The van der Waals surface area contributed by atoms with E-state index in [2.05, 4.69) is 26.1 Å². The van der Waals surface area contributed by atoms with Gasteiger partial charge in [0.25, 0.3) is 5.91 Å². The number of hydrogen-bond acceptors (Lipinski definition) is 3. The van der Waals surface area contributed by atoms with Crippen molar-refractivity contribution in [2.45, 2.75) is 83.8 Å². The van der Waals surface area contributed by atoms with Gasteiger partial charge in [0.1, 0.15) is 11.8 Å². The fourth-order valence-corrected chi connectivity index (χ4v) is 5.09. The van der Waals surface area contributed by atoms with Crippen molar-refractivity contribution in [2.75, 3.05) is 6.61 Å². The third-order valence-corrected chi connectivity index (χ3v) is 7.53. The van der Waals surface area contributed by atoms with Gasteiger partial charge in [0.05, 0.1) is 0 Å². The minimum absolute atomic E-state index is 0.0382. The van der Waals surface area contributed by atoms with Gasteiger partial charge in [0.2, 0.25) is 5.91 Å². The Labute approximate surface area is 233 Å². The molecule has 206 valence electrons. The normalized spacial score (nSPS) is 14.6. The molecule has 0 radical (unpaired) electrons. The lowest BCUT2D eigenvalue weighted by molar-refractivity contribution is -0.143. The molecule has 0 heterocycles. The molecule has 39 heavy (non-hydrogen) atoms. The molecule has 1 aliphatic rings. The van der Waals surface area contributed by atoms with Gasteiger partial charge in [-0.2, -0.15) is 0 Å². The van der Waals surface area contributed by atoms with E-state index in [1.807, 2.05) is 85.8 Å². The van der Waals surface area contributed by atoms with Crippen molar-refractivity contribution in [1.82, 2.24) is 10.2 Å². The predicted octanol–water partition coefficient (Wildman–Crippen LogP) is 6.37. The zero-order valence-electron chi connectivity index (χ0n) is 23.8. The molecule has 0 aromatic heterocycles. The van der Waals surface area contributed by atoms with Crippen LogP contribution in [0.15, 0.2) is 78.9 Å². The second-order valence-electron chi connectivity index (χ2n) is 11.8. The Morgan fingerprint density at radius 2 is 1.54 bits per heavy atom. The lowest BCUT2D eigenvalue weighted by Crippen LogP contribution is -2.53. The summed E-state index contributed by atoms with van der Waals surface area (Å²) in [6.45, 7) is 8.74. The maximum absolute atomic E-state index is 13.8. The van der Waals surface area contributed by atoms with Crippen LogP contribution < -0.4 is 10.1 Å². The van der Waals surface area contributed by atoms with E-state index in [4.69, 9.17) is 4.74 Å². The van der Waals surface area contributed by atoms with E-state index in [0.717, 1.165) is 42.4 Å². The minimum Gasteiger partial charge on any atom is -0.484 e. The van der Waals surface area contributed by atoms with Crippen LogP contribution in [0, 0.1) is 6.92 Å². The molecule has 5 heteroatoms. The van der Waals surface area contributed by atoms with Crippen LogP contribution in [-0.2, 0) is 28.0 Å². The Hall–Kier alpha value is -3.60. The Balaban J connectivity index is 1.58. The molecule has 5 nitrogen and oxygen atoms in total. The SMILES string of the molecule is Cc1ccc(CN(C(=O)COc2ccc(C(C)(C)C)cc2)C(Cc2ccccc2)C(=O)NC2CCCC2)cc1. The monoisotopic (exact) mass is 526 g/mol. The van der Waals surface area contributed by atoms with Crippen LogP contribution in [-0.4, -0.2) is 35.4 Å². The van der Waals surface area contributed by atoms with Crippen molar-refractivity contribution in [3.63, 3.8) is 0 Å². The van der Waals surface area contributed by atoms with E-state index in [1.165, 1.54) is 5.56 Å². The fourth-order valence-electron chi connectivity index (χ4n) is 5.09. The Kier molecular flexibility index (Phi) is 9.45. The van der Waals surface area contributed by atoms with Crippen molar-refractivity contribution in [3.8, 4) is 5.75 Å². The van der Waals surface area contributed by atoms with Crippen molar-refractivity contribution in [1.29, 1.82) is 0 Å². The summed E-state index contributed by atoms with van der Waals surface area (Å²) in [4.78, 5) is 29.3. The predicted molar refractivity (Wildman–Crippen MR) is 157 cm³/mol. The van der Waals surface area contributed by atoms with E-state index in [-0.39, 0.29) is 29.9 Å². The van der Waals surface area contributed by atoms with Crippen LogP contribution in [0.25, 0.3) is 0 Å². The maximum atomic E-state index is 13.8. The van der Waals surface area contributed by atoms with Crippen molar-refractivity contribution in [2.24, 2.45) is 0 Å². The zero-order chi connectivity index (χ0) is 27.8. The summed E-state index contributed by atoms with van der Waals surface area (Å²) in [7, 11) is 0. The quantitative estimate of drug-likeness (QED) is 0.334. The van der Waals surface area contributed by atoms with Gasteiger partial charge < -0.3 is 15.0 Å². The Bertz CT molecular complexity index is 1210. The molecule has 1 N–H and O–H groups in total. The number of nitrogens with one attached hydrogen (secondary N) is 1. The summed E-state index contributed by atoms with van der Waals surface area (Å²) >= 11 is 0. The van der Waals surface area contributed by atoms with Crippen molar-refractivity contribution >= 4 is 11.8 Å². The van der Waals surface area contributed by atoms with Crippen LogP contribution >= 0.6 is 0 Å². The van der Waals surface area contributed by atoms with Crippen LogP contribution in [0.1, 0.15) is 68.7 Å². The third-order valence-electron chi connectivity index (χ3n) is 7.53. The summed E-state index contributed by atoms with van der Waals surface area (Å²) in [6, 6.07) is 25.5. The molecule has 0 bridgehead atoms. The molecule has 2 amide bonds. The van der Waals surface area contributed by atoms with Gasteiger partial charge in [0, 0.05) is 19.0 Å². The molecule has 0 spiro atoms. The summed E-state index contributed by atoms with van der Waals surface area (Å²) in [5.74, 6) is 0.334. The highest BCUT2D eigenvalue weighted by atomic mass is 16.5. The highest BCUT2D eigenvalue weighted by molar-refractivity contribution is 5.88. The average Bonchev–Trinajstić information content (AvgIpc) is 3.43. The first-order valence-electron chi connectivity index (χ1n) is 14.1. The molecular formula is C34H42N2O3. The molecule has 1 saturated carbocycles. The highest BCUT2D eigenvalue weighted by Gasteiger charge is 2.32. The molecule has 1 unspecified atom stereocenters. The molecule has 0 aliphatic heterocycles. The number of nitrogens with zero attached hydrogens (tertiary/aromatic N) is 1. The van der Waals surface area contributed by atoms with Gasteiger partial charge in [-0.05, 0) is 54.0 Å². The van der Waals surface area contributed by atoms with Crippen LogP contribution in [0.4, 0.5) is 0 Å². The van der Waals surface area contributed by atoms with Gasteiger partial charge in [-0.1, -0.05) is 106 Å². The van der Waals surface area contributed by atoms with E-state index >= 15 is 0 Å². The number of rotatable bonds is 10. The lowest BCUT2D eigenvalue weighted by Gasteiger charge is -2.32. The second kappa shape index (κ2) is 13.0. The maximum Gasteiger partial charge on any atom is 0.261 e. The number of aryl methyl sites for hydroxylation is 1. The summed E-state index contributed by atoms with van der Waals surface area (Å²) in [5.41, 5.74) is 4.39. The number of carbonyl (C=O) groups excluding carboxylic acids is 2. The largest absolute Gasteiger partial charge is 0.484 e. The van der Waals surface area contributed by atoms with Crippen LogP contribution in [0.2, 0.25) is 0 Å². The Morgan fingerprint density at radius 3 is 2.15 bits per heavy atom. The van der Waals surface area contributed by atoms with Gasteiger partial charge in [0.15, 0.2) is 6.61 Å². The smallest absolute Gasteiger partial charge is 0.261 e. The first kappa shape index (κ1) is 28.4. The van der Waals surface area contributed by atoms with Gasteiger partial charge in [-0.3, -0.25) is 9.59 Å².